The molecule has 1 N–H and O–H groups in total. The zero-order chi connectivity index (χ0) is 13.5. The van der Waals surface area contributed by atoms with Crippen LogP contribution in [0.2, 0.25) is 5.28 Å². The van der Waals surface area contributed by atoms with E-state index in [0.29, 0.717) is 31.7 Å². The van der Waals surface area contributed by atoms with Crippen LogP contribution < -0.4 is 10.2 Å². The van der Waals surface area contributed by atoms with E-state index in [2.05, 4.69) is 20.3 Å². The molecule has 0 amide bonds. The second-order valence-electron chi connectivity index (χ2n) is 4.10. The zero-order valence-corrected chi connectivity index (χ0v) is 11.7. The molecule has 0 aliphatic carbocycles. The molecule has 8 heteroatoms. The first-order valence-electron chi connectivity index (χ1n) is 6.26. The van der Waals surface area contributed by atoms with Crippen molar-refractivity contribution < 1.29 is 9.47 Å². The third-order valence-electron chi connectivity index (χ3n) is 2.70. The van der Waals surface area contributed by atoms with Gasteiger partial charge < -0.3 is 19.7 Å². The van der Waals surface area contributed by atoms with Gasteiger partial charge in [0.2, 0.25) is 17.2 Å². The number of morpholine rings is 1. The van der Waals surface area contributed by atoms with Gasteiger partial charge in [0.05, 0.1) is 13.2 Å². The Kier molecular flexibility index (Phi) is 5.56. The van der Waals surface area contributed by atoms with Crippen molar-refractivity contribution in [1.29, 1.82) is 0 Å². The van der Waals surface area contributed by atoms with E-state index in [-0.39, 0.29) is 5.28 Å². The normalized spacial score (nSPS) is 15.6. The van der Waals surface area contributed by atoms with Gasteiger partial charge in [-0.05, 0) is 18.0 Å². The summed E-state index contributed by atoms with van der Waals surface area (Å²) in [7, 11) is 1.68. The van der Waals surface area contributed by atoms with Gasteiger partial charge in [0.15, 0.2) is 0 Å². The van der Waals surface area contributed by atoms with Gasteiger partial charge in [-0.2, -0.15) is 15.0 Å². The summed E-state index contributed by atoms with van der Waals surface area (Å²) >= 11 is 5.92. The minimum atomic E-state index is 0.200. The topological polar surface area (TPSA) is 72.4 Å². The molecule has 106 valence electrons. The van der Waals surface area contributed by atoms with Crippen LogP contribution in [0.3, 0.4) is 0 Å². The lowest BCUT2D eigenvalue weighted by atomic mass is 10.4. The molecule has 2 heterocycles. The number of nitrogens with one attached hydrogen (secondary N) is 1. The Hall–Kier alpha value is -1.18. The van der Waals surface area contributed by atoms with Crippen LogP contribution >= 0.6 is 11.6 Å². The fourth-order valence-corrected chi connectivity index (χ4v) is 1.90. The van der Waals surface area contributed by atoms with E-state index in [1.807, 2.05) is 4.90 Å². The molecule has 0 radical (unpaired) electrons. The van der Waals surface area contributed by atoms with E-state index in [4.69, 9.17) is 21.1 Å². The molecular weight excluding hydrogens is 270 g/mol. The van der Waals surface area contributed by atoms with Gasteiger partial charge in [-0.1, -0.05) is 0 Å². The minimum Gasteiger partial charge on any atom is -0.385 e. The van der Waals surface area contributed by atoms with Crippen LogP contribution in [0.25, 0.3) is 0 Å². The molecule has 0 atom stereocenters. The molecule has 1 fully saturated rings. The number of ether oxygens (including phenoxy) is 2. The first kappa shape index (κ1) is 14.2. The Labute approximate surface area is 117 Å². The Bertz CT molecular complexity index is 401. The molecule has 1 aliphatic rings. The van der Waals surface area contributed by atoms with Crippen molar-refractivity contribution in [1.82, 2.24) is 15.0 Å². The fraction of sp³-hybridized carbons (Fsp3) is 0.727. The highest BCUT2D eigenvalue weighted by Crippen LogP contribution is 2.14. The van der Waals surface area contributed by atoms with Crippen LogP contribution in [-0.2, 0) is 9.47 Å². The third-order valence-corrected chi connectivity index (χ3v) is 2.87. The highest BCUT2D eigenvalue weighted by Gasteiger charge is 2.15. The number of methoxy groups -OCH3 is 1. The Balaban J connectivity index is 1.97. The number of hydrogen-bond acceptors (Lipinski definition) is 7. The maximum absolute atomic E-state index is 5.92. The minimum absolute atomic E-state index is 0.200. The van der Waals surface area contributed by atoms with Crippen molar-refractivity contribution in [3.8, 4) is 0 Å². The molecule has 0 unspecified atom stereocenters. The van der Waals surface area contributed by atoms with Gasteiger partial charge in [-0.15, -0.1) is 0 Å². The molecule has 1 aromatic rings. The van der Waals surface area contributed by atoms with E-state index in [1.54, 1.807) is 7.11 Å². The van der Waals surface area contributed by atoms with Gasteiger partial charge in [0, 0.05) is 33.4 Å². The summed E-state index contributed by atoms with van der Waals surface area (Å²) in [5.41, 5.74) is 0. The van der Waals surface area contributed by atoms with Crippen LogP contribution in [0.1, 0.15) is 6.42 Å². The first-order chi connectivity index (χ1) is 9.29. The van der Waals surface area contributed by atoms with Gasteiger partial charge in [0.25, 0.3) is 0 Å². The van der Waals surface area contributed by atoms with Crippen LogP contribution in [0, 0.1) is 0 Å². The number of nitrogens with zero attached hydrogens (tertiary/aromatic N) is 4. The molecule has 0 aromatic carbocycles. The number of rotatable bonds is 6. The van der Waals surface area contributed by atoms with Crippen LogP contribution in [0.15, 0.2) is 0 Å². The molecule has 0 bridgehead atoms. The lowest BCUT2D eigenvalue weighted by Gasteiger charge is -2.26. The maximum atomic E-state index is 5.92. The van der Waals surface area contributed by atoms with E-state index >= 15 is 0 Å². The first-order valence-corrected chi connectivity index (χ1v) is 6.64. The summed E-state index contributed by atoms with van der Waals surface area (Å²) in [6.45, 7) is 4.32. The molecular formula is C11H18ClN5O2. The van der Waals surface area contributed by atoms with Crippen molar-refractivity contribution in [2.75, 3.05) is 56.8 Å². The number of aromatic nitrogens is 3. The molecule has 19 heavy (non-hydrogen) atoms. The van der Waals surface area contributed by atoms with Crippen LogP contribution in [0.5, 0.6) is 0 Å². The van der Waals surface area contributed by atoms with Crippen LogP contribution in [0.4, 0.5) is 11.9 Å². The average molecular weight is 288 g/mol. The van der Waals surface area contributed by atoms with Gasteiger partial charge in [-0.3, -0.25) is 0 Å². The quantitative estimate of drug-likeness (QED) is 0.776. The molecule has 0 saturated carbocycles. The smallest absolute Gasteiger partial charge is 0.231 e. The average Bonchev–Trinajstić information content (AvgIpc) is 2.44. The highest BCUT2D eigenvalue weighted by molar-refractivity contribution is 6.28. The highest BCUT2D eigenvalue weighted by atomic mass is 35.5. The Morgan fingerprint density at radius 3 is 2.84 bits per heavy atom. The standard InChI is InChI=1S/C11H18ClN5O2/c1-18-6-2-3-13-10-14-9(12)15-11(16-10)17-4-7-19-8-5-17/h2-8H2,1H3,(H,13,14,15,16). The van der Waals surface area contributed by atoms with E-state index in [9.17, 15) is 0 Å². The van der Waals surface area contributed by atoms with Crippen molar-refractivity contribution in [3.63, 3.8) is 0 Å². The van der Waals surface area contributed by atoms with E-state index in [0.717, 1.165) is 26.1 Å². The van der Waals surface area contributed by atoms with E-state index in [1.165, 1.54) is 0 Å². The summed E-state index contributed by atoms with van der Waals surface area (Å²) in [6, 6.07) is 0. The SMILES string of the molecule is COCCCNc1nc(Cl)nc(N2CCOCC2)n1. The summed E-state index contributed by atoms with van der Waals surface area (Å²) < 4.78 is 10.3. The van der Waals surface area contributed by atoms with Gasteiger partial charge in [0.1, 0.15) is 0 Å². The van der Waals surface area contributed by atoms with Crippen molar-refractivity contribution >= 4 is 23.5 Å². The lowest BCUT2D eigenvalue weighted by molar-refractivity contribution is 0.122. The third kappa shape index (κ3) is 4.45. The second kappa shape index (κ2) is 7.42. The van der Waals surface area contributed by atoms with Crippen LogP contribution in [-0.4, -0.2) is 61.5 Å². The number of anilines is 2. The molecule has 2 rings (SSSR count). The molecule has 7 nitrogen and oxygen atoms in total. The Morgan fingerprint density at radius 2 is 2.11 bits per heavy atom. The van der Waals surface area contributed by atoms with Crippen molar-refractivity contribution in [2.24, 2.45) is 0 Å². The second-order valence-corrected chi connectivity index (χ2v) is 4.44. The van der Waals surface area contributed by atoms with Gasteiger partial charge >= 0.3 is 0 Å². The van der Waals surface area contributed by atoms with Gasteiger partial charge in [-0.25, -0.2) is 0 Å². The summed E-state index contributed by atoms with van der Waals surface area (Å²) in [5, 5.41) is 3.31. The van der Waals surface area contributed by atoms with E-state index < -0.39 is 0 Å². The predicted octanol–water partition coefficient (Wildman–Crippen LogP) is 0.810. The largest absolute Gasteiger partial charge is 0.385 e. The summed E-state index contributed by atoms with van der Waals surface area (Å²) in [4.78, 5) is 14.6. The van der Waals surface area contributed by atoms with Crippen molar-refractivity contribution in [3.05, 3.63) is 5.28 Å². The molecule has 1 aliphatic heterocycles. The zero-order valence-electron chi connectivity index (χ0n) is 10.9. The lowest BCUT2D eigenvalue weighted by Crippen LogP contribution is -2.37. The molecule has 1 aromatic heterocycles. The molecule has 0 spiro atoms. The van der Waals surface area contributed by atoms with Crippen molar-refractivity contribution in [2.45, 2.75) is 6.42 Å². The number of hydrogen-bond donors (Lipinski definition) is 1. The summed E-state index contributed by atoms with van der Waals surface area (Å²) in [5.74, 6) is 1.09. The molecule has 1 saturated heterocycles. The number of halogens is 1. The predicted molar refractivity (Wildman–Crippen MR) is 72.9 cm³/mol. The monoisotopic (exact) mass is 287 g/mol. The Morgan fingerprint density at radius 1 is 1.32 bits per heavy atom. The maximum Gasteiger partial charge on any atom is 0.231 e. The summed E-state index contributed by atoms with van der Waals surface area (Å²) in [6.07, 6.45) is 0.882. The fourth-order valence-electron chi connectivity index (χ4n) is 1.74.